The van der Waals surface area contributed by atoms with Gasteiger partial charge in [0.1, 0.15) is 0 Å². The lowest BCUT2D eigenvalue weighted by molar-refractivity contribution is 1.50. The van der Waals surface area contributed by atoms with Crippen molar-refractivity contribution in [3.05, 3.63) is 194 Å². The zero-order chi connectivity index (χ0) is 39.6. The van der Waals surface area contributed by atoms with Gasteiger partial charge in [-0.15, -0.1) is 0 Å². The summed E-state index contributed by atoms with van der Waals surface area (Å²) in [7, 11) is 0. The van der Waals surface area contributed by atoms with Gasteiger partial charge < -0.3 is 0 Å². The molecule has 0 heteroatoms. The number of hydrogen-bond donors (Lipinski definition) is 0. The average Bonchev–Trinajstić information content (AvgIpc) is 3.82. The van der Waals surface area contributed by atoms with E-state index in [9.17, 15) is 0 Å². The highest BCUT2D eigenvalue weighted by Crippen LogP contribution is 2.55. The summed E-state index contributed by atoms with van der Waals surface area (Å²) in [6.45, 7) is 4.00. The maximum atomic E-state index is 2.56. The first-order valence-electron chi connectivity index (χ1n) is 21.4. The summed E-state index contributed by atoms with van der Waals surface area (Å²) in [5.41, 5.74) is 7.60. The fourth-order valence-electron chi connectivity index (χ4n) is 11.2. The highest BCUT2D eigenvalue weighted by molar-refractivity contribution is 6.45. The molecule has 0 aliphatic heterocycles. The Labute approximate surface area is 347 Å². The molecule has 278 valence electrons. The van der Waals surface area contributed by atoms with Gasteiger partial charge in [-0.05, 0) is 153 Å². The summed E-state index contributed by atoms with van der Waals surface area (Å²) in [6.07, 6.45) is 0. The Kier molecular flexibility index (Phi) is 6.95. The Morgan fingerprint density at radius 2 is 0.600 bits per heavy atom. The van der Waals surface area contributed by atoms with Gasteiger partial charge in [0, 0.05) is 0 Å². The molecule has 14 aromatic carbocycles. The molecule has 0 radical (unpaired) electrons. The Morgan fingerprint density at radius 3 is 1.13 bits per heavy atom. The van der Waals surface area contributed by atoms with Crippen LogP contribution in [0, 0.1) is 0 Å². The maximum Gasteiger partial charge on any atom is -0.000719 e. The Hall–Kier alpha value is -7.54. The lowest BCUT2D eigenvalue weighted by Crippen LogP contribution is -1.92. The monoisotopic (exact) mass is 758 g/mol. The van der Waals surface area contributed by atoms with Gasteiger partial charge in [-0.2, -0.15) is 0 Å². The lowest BCUT2D eigenvalue weighted by Gasteiger charge is -2.19. The Morgan fingerprint density at radius 1 is 0.217 bits per heavy atom. The van der Waals surface area contributed by atoms with Crippen LogP contribution in [-0.4, -0.2) is 0 Å². The van der Waals surface area contributed by atoms with Crippen LogP contribution >= 0.6 is 0 Å². The molecule has 0 aliphatic carbocycles. The SMILES string of the molecule is CC.c1ccc(-c2ccccc2-c2c3cc4c(cc3c(-c3ccccc3)c3c5cccc6cccc(c23)c65)c2ccc3c5cccc6cccc(c7ccc4c2c37)c65)cc1. The average molecular weight is 759 g/mol. The minimum Gasteiger partial charge on any atom is -0.0683 e. The summed E-state index contributed by atoms with van der Waals surface area (Å²) >= 11 is 0. The minimum atomic E-state index is 1.23. The normalized spacial score (nSPS) is 12.2. The van der Waals surface area contributed by atoms with Crippen LogP contribution in [0.2, 0.25) is 0 Å². The van der Waals surface area contributed by atoms with E-state index >= 15 is 0 Å². The van der Waals surface area contributed by atoms with Gasteiger partial charge in [-0.3, -0.25) is 0 Å². The van der Waals surface area contributed by atoms with E-state index in [1.807, 2.05) is 13.8 Å². The van der Waals surface area contributed by atoms with Crippen molar-refractivity contribution >= 4 is 108 Å². The van der Waals surface area contributed by atoms with Gasteiger partial charge in [0.25, 0.3) is 0 Å². The van der Waals surface area contributed by atoms with E-state index in [0.29, 0.717) is 0 Å². The number of rotatable bonds is 3. The minimum absolute atomic E-state index is 1.23. The standard InChI is InChI=1S/C58H32.C2H6/c1-3-13-33(14-4-1)37-21-7-8-22-38(37)56-50-32-48-44-30-28-42-40-24-10-18-34-17-9-23-39(51(34)40)41-27-29-43(55(44)54(41)42)47(48)31-49(50)53(36-15-5-2-6-16-36)57-45-25-11-19-35-20-12-26-46(52(35)45)58(56)57;1-2/h1-32H;1-2H3. The largest absolute Gasteiger partial charge is 0.0683 e. The molecule has 14 aromatic rings. The first-order chi connectivity index (χ1) is 29.8. The quantitative estimate of drug-likeness (QED) is 0.124. The van der Waals surface area contributed by atoms with Crippen LogP contribution in [0.4, 0.5) is 0 Å². The van der Waals surface area contributed by atoms with E-state index in [-0.39, 0.29) is 0 Å². The topological polar surface area (TPSA) is 0 Å². The van der Waals surface area contributed by atoms with Crippen LogP contribution in [0.25, 0.3) is 141 Å². The number of hydrogen-bond acceptors (Lipinski definition) is 0. The van der Waals surface area contributed by atoms with Crippen LogP contribution in [0.1, 0.15) is 13.8 Å². The van der Waals surface area contributed by atoms with Crippen molar-refractivity contribution in [1.29, 1.82) is 0 Å². The zero-order valence-corrected chi connectivity index (χ0v) is 33.5. The van der Waals surface area contributed by atoms with E-state index in [1.165, 1.54) is 141 Å². The van der Waals surface area contributed by atoms with Gasteiger partial charge in [-0.1, -0.05) is 196 Å². The van der Waals surface area contributed by atoms with E-state index < -0.39 is 0 Å². The van der Waals surface area contributed by atoms with Gasteiger partial charge in [0.05, 0.1) is 0 Å². The molecule has 14 rings (SSSR count). The summed E-state index contributed by atoms with van der Waals surface area (Å²) in [5, 5.41) is 26.5. The third-order valence-electron chi connectivity index (χ3n) is 13.5. The first-order valence-corrected chi connectivity index (χ1v) is 21.4. The molecular weight excluding hydrogens is 721 g/mol. The van der Waals surface area contributed by atoms with Crippen molar-refractivity contribution in [2.75, 3.05) is 0 Å². The molecule has 0 amide bonds. The second-order valence-corrected chi connectivity index (χ2v) is 16.2. The molecule has 0 spiro atoms. The van der Waals surface area contributed by atoms with E-state index in [2.05, 4.69) is 194 Å². The third kappa shape index (κ3) is 4.30. The molecule has 0 saturated heterocycles. The summed E-state index contributed by atoms with van der Waals surface area (Å²) in [5.74, 6) is 0. The molecule has 0 fully saturated rings. The van der Waals surface area contributed by atoms with Gasteiger partial charge in [0.15, 0.2) is 0 Å². The molecule has 0 heterocycles. The van der Waals surface area contributed by atoms with Crippen LogP contribution in [0.5, 0.6) is 0 Å². The second kappa shape index (κ2) is 12.5. The van der Waals surface area contributed by atoms with Crippen LogP contribution < -0.4 is 0 Å². The second-order valence-electron chi connectivity index (χ2n) is 16.2. The van der Waals surface area contributed by atoms with Crippen molar-refractivity contribution in [3.63, 3.8) is 0 Å². The van der Waals surface area contributed by atoms with E-state index in [1.54, 1.807) is 0 Å². The van der Waals surface area contributed by atoms with Gasteiger partial charge in [0.2, 0.25) is 0 Å². The van der Waals surface area contributed by atoms with Crippen molar-refractivity contribution in [3.8, 4) is 33.4 Å². The molecule has 0 unspecified atom stereocenters. The molecule has 0 nitrogen and oxygen atoms in total. The van der Waals surface area contributed by atoms with Crippen LogP contribution in [-0.2, 0) is 0 Å². The fourth-order valence-corrected chi connectivity index (χ4v) is 11.2. The van der Waals surface area contributed by atoms with E-state index in [0.717, 1.165) is 0 Å². The molecule has 0 N–H and O–H groups in total. The summed E-state index contributed by atoms with van der Waals surface area (Å²) in [4.78, 5) is 0. The van der Waals surface area contributed by atoms with Gasteiger partial charge in [-0.25, -0.2) is 0 Å². The van der Waals surface area contributed by atoms with Gasteiger partial charge >= 0.3 is 0 Å². The Balaban J connectivity index is 0.00000183. The van der Waals surface area contributed by atoms with Crippen LogP contribution in [0.15, 0.2) is 194 Å². The summed E-state index contributed by atoms with van der Waals surface area (Å²) < 4.78 is 0. The molecule has 0 aromatic heterocycles. The van der Waals surface area contributed by atoms with Crippen molar-refractivity contribution < 1.29 is 0 Å². The maximum absolute atomic E-state index is 2.56. The smallest absolute Gasteiger partial charge is 0.000719 e. The molecular formula is C60H38. The number of fused-ring (bicyclic) bond motifs is 9. The molecule has 0 saturated carbocycles. The first kappa shape index (κ1) is 33.4. The number of benzene rings is 12. The van der Waals surface area contributed by atoms with Crippen molar-refractivity contribution in [1.82, 2.24) is 0 Å². The molecule has 0 bridgehead atoms. The summed E-state index contributed by atoms with van der Waals surface area (Å²) in [6, 6.07) is 73.2. The van der Waals surface area contributed by atoms with Crippen molar-refractivity contribution in [2.45, 2.75) is 13.8 Å². The predicted molar refractivity (Wildman–Crippen MR) is 263 cm³/mol. The lowest BCUT2D eigenvalue weighted by atomic mass is 9.83. The van der Waals surface area contributed by atoms with Crippen LogP contribution in [0.3, 0.4) is 0 Å². The Bertz CT molecular complexity index is 3930. The van der Waals surface area contributed by atoms with E-state index in [4.69, 9.17) is 0 Å². The fraction of sp³-hybridized carbons (Fsp3) is 0.0333. The van der Waals surface area contributed by atoms with Crippen molar-refractivity contribution in [2.24, 2.45) is 0 Å². The molecule has 0 aliphatic rings. The molecule has 0 atom stereocenters. The third-order valence-corrected chi connectivity index (χ3v) is 13.5. The predicted octanol–water partition coefficient (Wildman–Crippen LogP) is 17.6. The highest BCUT2D eigenvalue weighted by atomic mass is 14.3. The highest BCUT2D eigenvalue weighted by Gasteiger charge is 2.26. The zero-order valence-electron chi connectivity index (χ0n) is 33.5. The molecule has 60 heavy (non-hydrogen) atoms.